The molecule has 0 bridgehead atoms. The zero-order valence-electron chi connectivity index (χ0n) is 18.1. The van der Waals surface area contributed by atoms with Crippen molar-refractivity contribution in [1.82, 2.24) is 15.1 Å². The molecule has 0 aliphatic carbocycles. The zero-order valence-corrected chi connectivity index (χ0v) is 18.1. The second-order valence-corrected chi connectivity index (χ2v) is 7.50. The predicted octanol–water partition coefficient (Wildman–Crippen LogP) is 5.23. The van der Waals surface area contributed by atoms with Crippen LogP contribution in [0.3, 0.4) is 0 Å². The van der Waals surface area contributed by atoms with E-state index in [1.807, 2.05) is 43.3 Å². The van der Waals surface area contributed by atoms with Gasteiger partial charge in [-0.25, -0.2) is 8.78 Å². The Morgan fingerprint density at radius 3 is 2.26 bits per heavy atom. The van der Waals surface area contributed by atoms with Gasteiger partial charge in [0.1, 0.15) is 17.5 Å². The third kappa shape index (κ3) is 5.04. The molecule has 0 atom stereocenters. The highest BCUT2D eigenvalue weighted by molar-refractivity contribution is 5.56. The number of nitrogens with zero attached hydrogens (tertiary/aromatic N) is 4. The number of aromatic nitrogens is 2. The standard InChI is InChI=1S/C23H21F5N4O2/c1-2-20(31-8-10-33-11-9-31)32(16-6-4-3-5-7-16)14-17-18(24)12-15(13-19(17)25)21-29-30-22(34-21)23(26,27)28/h2-7,12-13H,8-11,14H2,1H3/b20-2+. The summed E-state index contributed by atoms with van der Waals surface area (Å²) >= 11 is 0. The van der Waals surface area contributed by atoms with E-state index in [0.29, 0.717) is 26.3 Å². The van der Waals surface area contributed by atoms with Crippen molar-refractivity contribution >= 4 is 5.69 Å². The number of anilines is 1. The molecule has 0 saturated carbocycles. The molecule has 3 aromatic rings. The molecule has 1 aliphatic heterocycles. The van der Waals surface area contributed by atoms with Crippen LogP contribution in [0.1, 0.15) is 18.4 Å². The second-order valence-electron chi connectivity index (χ2n) is 7.50. The van der Waals surface area contributed by atoms with Gasteiger partial charge in [-0.3, -0.25) is 0 Å². The van der Waals surface area contributed by atoms with Gasteiger partial charge in [0.15, 0.2) is 0 Å². The number of benzene rings is 2. The smallest absolute Gasteiger partial charge is 0.413 e. The molecule has 1 saturated heterocycles. The van der Waals surface area contributed by atoms with Crippen molar-refractivity contribution < 1.29 is 31.1 Å². The summed E-state index contributed by atoms with van der Waals surface area (Å²) in [7, 11) is 0. The zero-order chi connectivity index (χ0) is 24.3. The molecule has 180 valence electrons. The Kier molecular flexibility index (Phi) is 6.82. The highest BCUT2D eigenvalue weighted by Gasteiger charge is 2.38. The fraction of sp³-hybridized carbons (Fsp3) is 0.304. The molecule has 1 aromatic heterocycles. The summed E-state index contributed by atoms with van der Waals surface area (Å²) in [5, 5.41) is 6.17. The summed E-state index contributed by atoms with van der Waals surface area (Å²) < 4.78 is 78.4. The average Bonchev–Trinajstić information content (AvgIpc) is 3.33. The Bertz CT molecular complexity index is 1130. The van der Waals surface area contributed by atoms with E-state index >= 15 is 8.78 Å². The molecule has 2 aromatic carbocycles. The number of hydrogen-bond donors (Lipinski definition) is 0. The molecule has 1 aliphatic rings. The van der Waals surface area contributed by atoms with E-state index in [9.17, 15) is 13.2 Å². The van der Waals surface area contributed by atoms with Gasteiger partial charge in [-0.1, -0.05) is 18.2 Å². The number of alkyl halides is 3. The summed E-state index contributed by atoms with van der Waals surface area (Å²) in [6.07, 6.45) is -3.00. The fourth-order valence-electron chi connectivity index (χ4n) is 3.70. The van der Waals surface area contributed by atoms with Crippen molar-refractivity contribution in [3.8, 4) is 11.5 Å². The number of halogens is 5. The molecule has 0 spiro atoms. The molecule has 34 heavy (non-hydrogen) atoms. The van der Waals surface area contributed by atoms with Crippen LogP contribution in [0.5, 0.6) is 0 Å². The molecule has 0 N–H and O–H groups in total. The van der Waals surface area contributed by atoms with E-state index in [2.05, 4.69) is 19.5 Å². The van der Waals surface area contributed by atoms with Crippen molar-refractivity contribution in [2.45, 2.75) is 19.6 Å². The maximum Gasteiger partial charge on any atom is 0.470 e. The maximum absolute atomic E-state index is 15.1. The fourth-order valence-corrected chi connectivity index (χ4v) is 3.70. The van der Waals surface area contributed by atoms with Gasteiger partial charge in [0.2, 0.25) is 5.89 Å². The summed E-state index contributed by atoms with van der Waals surface area (Å²) in [6.45, 7) is 3.97. The lowest BCUT2D eigenvalue weighted by Crippen LogP contribution is -2.42. The first-order chi connectivity index (χ1) is 16.3. The highest BCUT2D eigenvalue weighted by atomic mass is 19.4. The van der Waals surface area contributed by atoms with Gasteiger partial charge in [-0.05, 0) is 37.3 Å². The number of morpholine rings is 1. The van der Waals surface area contributed by atoms with Crippen LogP contribution in [0.25, 0.3) is 11.5 Å². The minimum atomic E-state index is -4.86. The van der Waals surface area contributed by atoms with Crippen molar-refractivity contribution in [3.63, 3.8) is 0 Å². The van der Waals surface area contributed by atoms with Crippen molar-refractivity contribution in [2.75, 3.05) is 31.2 Å². The van der Waals surface area contributed by atoms with Crippen LogP contribution in [0.15, 0.2) is 58.8 Å². The Balaban J connectivity index is 1.68. The number of ether oxygens (including phenoxy) is 1. The largest absolute Gasteiger partial charge is 0.470 e. The summed E-state index contributed by atoms with van der Waals surface area (Å²) in [5.41, 5.74) is 0.180. The van der Waals surface area contributed by atoms with Crippen LogP contribution >= 0.6 is 0 Å². The SMILES string of the molecule is C/C=C(\N1CCOCC1)N(Cc1c(F)cc(-c2nnc(C(F)(F)F)o2)cc1F)c1ccccc1. The lowest BCUT2D eigenvalue weighted by Gasteiger charge is -2.38. The van der Waals surface area contributed by atoms with E-state index in [1.54, 1.807) is 4.90 Å². The van der Waals surface area contributed by atoms with Crippen LogP contribution in [0.4, 0.5) is 27.6 Å². The number of para-hydroxylation sites is 1. The quantitative estimate of drug-likeness (QED) is 0.450. The lowest BCUT2D eigenvalue weighted by atomic mass is 10.1. The Hall–Kier alpha value is -3.47. The van der Waals surface area contributed by atoms with Crippen molar-refractivity contribution in [2.24, 2.45) is 0 Å². The van der Waals surface area contributed by atoms with Gasteiger partial charge in [-0.2, -0.15) is 13.2 Å². The highest BCUT2D eigenvalue weighted by Crippen LogP contribution is 2.32. The Labute approximate surface area is 192 Å². The van der Waals surface area contributed by atoms with Gasteiger partial charge in [0.25, 0.3) is 0 Å². The third-order valence-corrected chi connectivity index (χ3v) is 5.31. The molecule has 1 fully saturated rings. The van der Waals surface area contributed by atoms with Gasteiger partial charge in [0.05, 0.1) is 19.8 Å². The first kappa shape index (κ1) is 23.7. The summed E-state index contributed by atoms with van der Waals surface area (Å²) in [4.78, 5) is 3.85. The molecule has 11 heteroatoms. The normalized spacial score (nSPS) is 15.0. The summed E-state index contributed by atoms with van der Waals surface area (Å²) in [6, 6.07) is 10.9. The van der Waals surface area contributed by atoms with Crippen molar-refractivity contribution in [1.29, 1.82) is 0 Å². The maximum atomic E-state index is 15.1. The van der Waals surface area contributed by atoms with E-state index in [1.165, 1.54) is 0 Å². The molecule has 4 rings (SSSR count). The van der Waals surface area contributed by atoms with Gasteiger partial charge in [0, 0.05) is 29.9 Å². The monoisotopic (exact) mass is 480 g/mol. The number of hydrogen-bond acceptors (Lipinski definition) is 6. The van der Waals surface area contributed by atoms with E-state index in [-0.39, 0.29) is 17.7 Å². The molecule has 0 radical (unpaired) electrons. The molecule has 6 nitrogen and oxygen atoms in total. The first-order valence-corrected chi connectivity index (χ1v) is 10.5. The molecule has 0 amide bonds. The first-order valence-electron chi connectivity index (χ1n) is 10.5. The van der Waals surface area contributed by atoms with E-state index < -0.39 is 29.6 Å². The van der Waals surface area contributed by atoms with Crippen LogP contribution in [-0.4, -0.2) is 41.4 Å². The predicted molar refractivity (Wildman–Crippen MR) is 113 cm³/mol. The van der Waals surface area contributed by atoms with Crippen LogP contribution in [0, 0.1) is 11.6 Å². The molecule has 0 unspecified atom stereocenters. The second kappa shape index (κ2) is 9.80. The van der Waals surface area contributed by atoms with Crippen molar-refractivity contribution in [3.05, 3.63) is 77.5 Å². The minimum absolute atomic E-state index is 0.156. The van der Waals surface area contributed by atoms with Gasteiger partial charge in [-0.15, -0.1) is 10.2 Å². The van der Waals surface area contributed by atoms with Gasteiger partial charge >= 0.3 is 12.1 Å². The van der Waals surface area contributed by atoms with Gasteiger partial charge < -0.3 is 19.0 Å². The average molecular weight is 480 g/mol. The number of allylic oxidation sites excluding steroid dienone is 1. The lowest BCUT2D eigenvalue weighted by molar-refractivity contribution is -0.156. The topological polar surface area (TPSA) is 54.6 Å². The molecular formula is C23H21F5N4O2. The Morgan fingerprint density at radius 1 is 1.06 bits per heavy atom. The summed E-state index contributed by atoms with van der Waals surface area (Å²) in [5.74, 6) is -3.35. The number of rotatable bonds is 6. The van der Waals surface area contributed by atoms with E-state index in [4.69, 9.17) is 4.74 Å². The van der Waals surface area contributed by atoms with E-state index in [0.717, 1.165) is 23.6 Å². The molecule has 2 heterocycles. The molecular weight excluding hydrogens is 459 g/mol. The third-order valence-electron chi connectivity index (χ3n) is 5.31. The van der Waals surface area contributed by atoms with Crippen LogP contribution < -0.4 is 4.90 Å². The van der Waals surface area contributed by atoms with Crippen LogP contribution in [-0.2, 0) is 17.5 Å². The minimum Gasteiger partial charge on any atom is -0.413 e. The Morgan fingerprint density at radius 2 is 1.71 bits per heavy atom. The van der Waals surface area contributed by atoms with Crippen LogP contribution in [0.2, 0.25) is 0 Å².